The van der Waals surface area contributed by atoms with Gasteiger partial charge in [0.15, 0.2) is 0 Å². The summed E-state index contributed by atoms with van der Waals surface area (Å²) in [6, 6.07) is 10.7. The maximum Gasteiger partial charge on any atom is 0.0724 e. The molecule has 11 heavy (non-hydrogen) atoms. The number of hydrogen-bond acceptors (Lipinski definition) is 2. The summed E-state index contributed by atoms with van der Waals surface area (Å²) in [4.78, 5) is 0. The molecule has 0 aliphatic heterocycles. The third kappa shape index (κ3) is 3.16. The molecule has 1 rings (SSSR count). The lowest BCUT2D eigenvalue weighted by molar-refractivity contribution is 0.0814. The number of ether oxygens (including phenoxy) is 1. The van der Waals surface area contributed by atoms with Crippen molar-refractivity contribution < 1.29 is 9.84 Å². The normalized spacial score (nSPS) is 9.91. The second-order valence-electron chi connectivity index (χ2n) is 2.16. The summed E-state index contributed by atoms with van der Waals surface area (Å²) in [6.45, 7) is 0.997. The third-order valence-electron chi connectivity index (χ3n) is 1.27. The van der Waals surface area contributed by atoms with E-state index in [0.717, 1.165) is 5.56 Å². The van der Waals surface area contributed by atoms with Gasteiger partial charge >= 0.3 is 0 Å². The van der Waals surface area contributed by atoms with E-state index in [4.69, 9.17) is 9.84 Å². The minimum atomic E-state index is 0.0762. The van der Waals surface area contributed by atoms with E-state index in [0.29, 0.717) is 13.2 Å². The molecule has 1 radical (unpaired) electrons. The smallest absolute Gasteiger partial charge is 0.0724 e. The Morgan fingerprint density at radius 3 is 3.00 bits per heavy atom. The summed E-state index contributed by atoms with van der Waals surface area (Å²) in [5, 5.41) is 8.41. The van der Waals surface area contributed by atoms with Crippen LogP contribution in [-0.2, 0) is 11.3 Å². The van der Waals surface area contributed by atoms with Crippen molar-refractivity contribution in [2.45, 2.75) is 6.61 Å². The quantitative estimate of drug-likeness (QED) is 0.650. The van der Waals surface area contributed by atoms with Crippen LogP contribution >= 0.6 is 0 Å². The first-order chi connectivity index (χ1) is 5.43. The second kappa shape index (κ2) is 4.88. The van der Waals surface area contributed by atoms with Crippen molar-refractivity contribution in [1.82, 2.24) is 0 Å². The summed E-state index contributed by atoms with van der Waals surface area (Å²) in [5.74, 6) is 0. The molecule has 0 heterocycles. The summed E-state index contributed by atoms with van der Waals surface area (Å²) in [7, 11) is 0. The molecule has 2 heteroatoms. The molecule has 0 fully saturated rings. The summed E-state index contributed by atoms with van der Waals surface area (Å²) in [5.41, 5.74) is 1.01. The molecule has 0 aliphatic rings. The monoisotopic (exact) mass is 151 g/mol. The number of aliphatic hydroxyl groups excluding tert-OH is 1. The van der Waals surface area contributed by atoms with Gasteiger partial charge < -0.3 is 9.84 Å². The van der Waals surface area contributed by atoms with Gasteiger partial charge in [0.25, 0.3) is 0 Å². The maximum absolute atomic E-state index is 8.41. The Bertz CT molecular complexity index is 184. The van der Waals surface area contributed by atoms with Crippen molar-refractivity contribution >= 4 is 0 Å². The first-order valence-electron chi connectivity index (χ1n) is 3.57. The third-order valence-corrected chi connectivity index (χ3v) is 1.27. The van der Waals surface area contributed by atoms with E-state index in [9.17, 15) is 0 Å². The zero-order valence-electron chi connectivity index (χ0n) is 6.29. The molecule has 0 atom stereocenters. The first kappa shape index (κ1) is 8.24. The van der Waals surface area contributed by atoms with Gasteiger partial charge in [0.1, 0.15) is 0 Å². The van der Waals surface area contributed by atoms with Gasteiger partial charge in [-0.15, -0.1) is 0 Å². The zero-order valence-corrected chi connectivity index (χ0v) is 6.29. The van der Waals surface area contributed by atoms with Gasteiger partial charge in [0, 0.05) is 0 Å². The fraction of sp³-hybridized carbons (Fsp3) is 0.333. The molecule has 0 aliphatic carbocycles. The van der Waals surface area contributed by atoms with Gasteiger partial charge in [-0.05, 0) is 11.6 Å². The minimum absolute atomic E-state index is 0.0762. The number of aliphatic hydroxyl groups is 1. The molecule has 0 aromatic heterocycles. The Balaban J connectivity index is 2.28. The fourth-order valence-corrected chi connectivity index (χ4v) is 0.767. The van der Waals surface area contributed by atoms with Crippen molar-refractivity contribution in [3.05, 3.63) is 35.9 Å². The molecule has 1 aromatic rings. The van der Waals surface area contributed by atoms with E-state index in [1.54, 1.807) is 0 Å². The van der Waals surface area contributed by atoms with Crippen molar-refractivity contribution in [1.29, 1.82) is 0 Å². The molecule has 0 saturated carbocycles. The number of benzene rings is 1. The van der Waals surface area contributed by atoms with E-state index in [-0.39, 0.29) is 6.61 Å². The first-order valence-corrected chi connectivity index (χ1v) is 3.57. The van der Waals surface area contributed by atoms with Crippen molar-refractivity contribution in [3.8, 4) is 0 Å². The molecule has 0 amide bonds. The van der Waals surface area contributed by atoms with Gasteiger partial charge in [0.05, 0.1) is 19.8 Å². The molecule has 0 saturated heterocycles. The lowest BCUT2D eigenvalue weighted by Gasteiger charge is -2.00. The average Bonchev–Trinajstić information content (AvgIpc) is 2.07. The van der Waals surface area contributed by atoms with Crippen molar-refractivity contribution in [3.63, 3.8) is 0 Å². The molecular weight excluding hydrogens is 140 g/mol. The maximum atomic E-state index is 8.41. The van der Waals surface area contributed by atoms with Crippen LogP contribution < -0.4 is 0 Å². The molecule has 0 spiro atoms. The predicted octanol–water partition coefficient (Wildman–Crippen LogP) is 0.996. The molecule has 1 aromatic carbocycles. The molecule has 59 valence electrons. The average molecular weight is 151 g/mol. The second-order valence-corrected chi connectivity index (χ2v) is 2.16. The van der Waals surface area contributed by atoms with Crippen LogP contribution in [0.15, 0.2) is 24.3 Å². The highest BCUT2D eigenvalue weighted by molar-refractivity contribution is 5.11. The van der Waals surface area contributed by atoms with E-state index in [1.807, 2.05) is 24.3 Å². The Morgan fingerprint density at radius 2 is 2.36 bits per heavy atom. The van der Waals surface area contributed by atoms with Crippen LogP contribution in [0.25, 0.3) is 0 Å². The fourth-order valence-electron chi connectivity index (χ4n) is 0.767. The Morgan fingerprint density at radius 1 is 1.45 bits per heavy atom. The van der Waals surface area contributed by atoms with Crippen LogP contribution in [0.2, 0.25) is 0 Å². The highest BCUT2D eigenvalue weighted by atomic mass is 16.5. The number of hydrogen-bond donors (Lipinski definition) is 1. The van der Waals surface area contributed by atoms with Crippen LogP contribution in [0.5, 0.6) is 0 Å². The highest BCUT2D eigenvalue weighted by Gasteiger charge is 1.89. The standard InChI is InChI=1S/C9H11O2/c10-6-7-11-8-9-4-2-1-3-5-9/h1-4,10H,6-8H2. The Labute approximate surface area is 66.4 Å². The number of rotatable bonds is 4. The highest BCUT2D eigenvalue weighted by Crippen LogP contribution is 1.98. The molecular formula is C9H11O2. The summed E-state index contributed by atoms with van der Waals surface area (Å²) < 4.78 is 5.09. The van der Waals surface area contributed by atoms with Gasteiger partial charge in [-0.1, -0.05) is 24.3 Å². The van der Waals surface area contributed by atoms with Gasteiger partial charge in [-0.3, -0.25) is 0 Å². The van der Waals surface area contributed by atoms with E-state index in [2.05, 4.69) is 6.07 Å². The Hall–Kier alpha value is -0.860. The molecule has 0 unspecified atom stereocenters. The lowest BCUT2D eigenvalue weighted by atomic mass is 10.2. The molecule has 2 nitrogen and oxygen atoms in total. The van der Waals surface area contributed by atoms with Crippen LogP contribution in [0.1, 0.15) is 5.56 Å². The van der Waals surface area contributed by atoms with E-state index in [1.165, 1.54) is 0 Å². The lowest BCUT2D eigenvalue weighted by Crippen LogP contribution is -1.98. The SMILES string of the molecule is OCCOCc1[c]cccc1. The van der Waals surface area contributed by atoms with Crippen LogP contribution in [0.4, 0.5) is 0 Å². The van der Waals surface area contributed by atoms with Crippen LogP contribution in [0, 0.1) is 6.07 Å². The zero-order chi connectivity index (χ0) is 7.94. The van der Waals surface area contributed by atoms with Gasteiger partial charge in [-0.25, -0.2) is 0 Å². The summed E-state index contributed by atoms with van der Waals surface area (Å²) in [6.07, 6.45) is 0. The topological polar surface area (TPSA) is 29.5 Å². The largest absolute Gasteiger partial charge is 0.394 e. The Kier molecular flexibility index (Phi) is 3.65. The predicted molar refractivity (Wildman–Crippen MR) is 42.0 cm³/mol. The van der Waals surface area contributed by atoms with Gasteiger partial charge in [0.2, 0.25) is 0 Å². The van der Waals surface area contributed by atoms with E-state index >= 15 is 0 Å². The van der Waals surface area contributed by atoms with Crippen molar-refractivity contribution in [2.24, 2.45) is 0 Å². The van der Waals surface area contributed by atoms with Crippen LogP contribution in [-0.4, -0.2) is 18.3 Å². The summed E-state index contributed by atoms with van der Waals surface area (Å²) >= 11 is 0. The van der Waals surface area contributed by atoms with Crippen LogP contribution in [0.3, 0.4) is 0 Å². The van der Waals surface area contributed by atoms with Gasteiger partial charge in [-0.2, -0.15) is 0 Å². The minimum Gasteiger partial charge on any atom is -0.394 e. The molecule has 1 N–H and O–H groups in total. The van der Waals surface area contributed by atoms with Crippen molar-refractivity contribution in [2.75, 3.05) is 13.2 Å². The molecule has 0 bridgehead atoms. The van der Waals surface area contributed by atoms with E-state index < -0.39 is 0 Å².